The molecule has 0 bridgehead atoms. The van der Waals surface area contributed by atoms with Crippen molar-refractivity contribution in [1.82, 2.24) is 9.91 Å². The van der Waals surface area contributed by atoms with Crippen molar-refractivity contribution >= 4 is 11.6 Å². The number of carbonyl (C=O) groups is 1. The maximum Gasteiger partial charge on any atom is 0.257 e. The Morgan fingerprint density at radius 3 is 2.38 bits per heavy atom. The van der Waals surface area contributed by atoms with Crippen LogP contribution in [0.5, 0.6) is 11.5 Å². The zero-order valence-corrected chi connectivity index (χ0v) is 17.6. The Balaban J connectivity index is 1.94. The Bertz CT molecular complexity index is 860. The van der Waals surface area contributed by atoms with Gasteiger partial charge in [-0.1, -0.05) is 32.0 Å². The first-order valence-electron chi connectivity index (χ1n) is 10.00. The largest absolute Gasteiger partial charge is 0.497 e. The topological polar surface area (TPSA) is 54.4 Å². The predicted molar refractivity (Wildman–Crippen MR) is 115 cm³/mol. The average Bonchev–Trinajstić information content (AvgIpc) is 3.22. The number of methoxy groups -OCH3 is 2. The molecule has 0 saturated carbocycles. The summed E-state index contributed by atoms with van der Waals surface area (Å²) in [5, 5.41) is 6.38. The molecule has 1 heterocycles. The van der Waals surface area contributed by atoms with Gasteiger partial charge in [0.2, 0.25) is 0 Å². The van der Waals surface area contributed by atoms with E-state index in [2.05, 4.69) is 18.7 Å². The van der Waals surface area contributed by atoms with Crippen LogP contribution in [0.1, 0.15) is 37.4 Å². The van der Waals surface area contributed by atoms with Gasteiger partial charge in [0.05, 0.1) is 32.5 Å². The summed E-state index contributed by atoms with van der Waals surface area (Å²) in [6.45, 7) is 6.11. The van der Waals surface area contributed by atoms with E-state index in [4.69, 9.17) is 14.6 Å². The lowest BCUT2D eigenvalue weighted by atomic mass is 9.97. The molecule has 3 rings (SSSR count). The lowest BCUT2D eigenvalue weighted by Gasteiger charge is -2.26. The van der Waals surface area contributed by atoms with E-state index in [0.717, 1.165) is 41.4 Å². The van der Waals surface area contributed by atoms with Crippen molar-refractivity contribution in [2.75, 3.05) is 33.9 Å². The van der Waals surface area contributed by atoms with Crippen molar-refractivity contribution in [1.29, 1.82) is 0 Å². The summed E-state index contributed by atoms with van der Waals surface area (Å²) in [7, 11) is 3.30. The standard InChI is InChI=1S/C23H29N3O3/c1-5-25(6-2)16-23(27)26-21(19-9-7-8-10-22(19)29-4)15-20(24-26)17-11-13-18(28-3)14-12-17/h7-14,21H,5-6,15-16H2,1-4H3. The second-order valence-electron chi connectivity index (χ2n) is 6.94. The highest BCUT2D eigenvalue weighted by molar-refractivity contribution is 6.03. The van der Waals surface area contributed by atoms with E-state index in [1.165, 1.54) is 0 Å². The van der Waals surface area contributed by atoms with Crippen LogP contribution in [0.15, 0.2) is 53.6 Å². The number of likely N-dealkylation sites (N-methyl/N-ethyl adjacent to an activating group) is 1. The highest BCUT2D eigenvalue weighted by Gasteiger charge is 2.35. The third kappa shape index (κ3) is 4.59. The molecular formula is C23H29N3O3. The molecule has 1 atom stereocenters. The molecule has 2 aromatic rings. The normalized spacial score (nSPS) is 16.1. The minimum Gasteiger partial charge on any atom is -0.497 e. The number of ether oxygens (including phenoxy) is 2. The monoisotopic (exact) mass is 395 g/mol. The predicted octanol–water partition coefficient (Wildman–Crippen LogP) is 3.72. The molecule has 1 aliphatic heterocycles. The molecule has 0 fully saturated rings. The number of hydrazone groups is 1. The van der Waals surface area contributed by atoms with Gasteiger partial charge in [0.25, 0.3) is 5.91 Å². The van der Waals surface area contributed by atoms with Crippen LogP contribution in [0.3, 0.4) is 0 Å². The number of para-hydroxylation sites is 1. The van der Waals surface area contributed by atoms with E-state index in [1.54, 1.807) is 19.2 Å². The lowest BCUT2D eigenvalue weighted by Crippen LogP contribution is -2.38. The molecule has 0 spiro atoms. The zero-order chi connectivity index (χ0) is 20.8. The molecular weight excluding hydrogens is 366 g/mol. The van der Waals surface area contributed by atoms with Crippen LogP contribution in [0.25, 0.3) is 0 Å². The summed E-state index contributed by atoms with van der Waals surface area (Å²) >= 11 is 0. The third-order valence-electron chi connectivity index (χ3n) is 5.34. The van der Waals surface area contributed by atoms with Gasteiger partial charge in [0.1, 0.15) is 11.5 Å². The van der Waals surface area contributed by atoms with Crippen molar-refractivity contribution in [2.24, 2.45) is 5.10 Å². The summed E-state index contributed by atoms with van der Waals surface area (Å²) in [4.78, 5) is 15.3. The number of carbonyl (C=O) groups excluding carboxylic acids is 1. The van der Waals surface area contributed by atoms with Crippen molar-refractivity contribution < 1.29 is 14.3 Å². The first-order valence-corrected chi connectivity index (χ1v) is 10.00. The number of amides is 1. The van der Waals surface area contributed by atoms with Crippen LogP contribution in [-0.4, -0.2) is 55.4 Å². The molecule has 1 amide bonds. The summed E-state index contributed by atoms with van der Waals surface area (Å²) in [5.74, 6) is 1.56. The van der Waals surface area contributed by atoms with E-state index >= 15 is 0 Å². The fraction of sp³-hybridized carbons (Fsp3) is 0.391. The minimum absolute atomic E-state index is 0.00637. The lowest BCUT2D eigenvalue weighted by molar-refractivity contribution is -0.134. The van der Waals surface area contributed by atoms with Crippen molar-refractivity contribution in [2.45, 2.75) is 26.3 Å². The molecule has 0 aliphatic carbocycles. The SMILES string of the molecule is CCN(CC)CC(=O)N1N=C(c2ccc(OC)cc2)CC1c1ccccc1OC. The summed E-state index contributed by atoms with van der Waals surface area (Å²) in [6, 6.07) is 15.4. The Labute approximate surface area is 172 Å². The van der Waals surface area contributed by atoms with Crippen LogP contribution >= 0.6 is 0 Å². The molecule has 29 heavy (non-hydrogen) atoms. The van der Waals surface area contributed by atoms with Gasteiger partial charge < -0.3 is 9.47 Å². The van der Waals surface area contributed by atoms with Crippen LogP contribution in [0.2, 0.25) is 0 Å². The maximum absolute atomic E-state index is 13.2. The van der Waals surface area contributed by atoms with Gasteiger partial charge in [-0.25, -0.2) is 5.01 Å². The first-order chi connectivity index (χ1) is 14.1. The fourth-order valence-electron chi connectivity index (χ4n) is 3.59. The number of rotatable bonds is 8. The molecule has 6 nitrogen and oxygen atoms in total. The number of nitrogens with zero attached hydrogens (tertiary/aromatic N) is 3. The minimum atomic E-state index is -0.189. The highest BCUT2D eigenvalue weighted by Crippen LogP contribution is 2.37. The van der Waals surface area contributed by atoms with Crippen LogP contribution in [0.4, 0.5) is 0 Å². The van der Waals surface area contributed by atoms with E-state index < -0.39 is 0 Å². The van der Waals surface area contributed by atoms with Crippen molar-refractivity contribution in [3.8, 4) is 11.5 Å². The Hall–Kier alpha value is -2.86. The Morgan fingerprint density at radius 2 is 1.76 bits per heavy atom. The van der Waals surface area contributed by atoms with Gasteiger partial charge in [-0.15, -0.1) is 0 Å². The van der Waals surface area contributed by atoms with Gasteiger partial charge in [-0.05, 0) is 49.0 Å². The molecule has 1 unspecified atom stereocenters. The van der Waals surface area contributed by atoms with Gasteiger partial charge in [-0.2, -0.15) is 5.10 Å². The van der Waals surface area contributed by atoms with Crippen molar-refractivity contribution in [3.05, 3.63) is 59.7 Å². The molecule has 0 radical (unpaired) electrons. The second-order valence-corrected chi connectivity index (χ2v) is 6.94. The number of benzene rings is 2. The number of hydrogen-bond donors (Lipinski definition) is 0. The Kier molecular flexibility index (Phi) is 6.88. The first kappa shape index (κ1) is 20.9. The zero-order valence-electron chi connectivity index (χ0n) is 17.6. The van der Waals surface area contributed by atoms with Crippen molar-refractivity contribution in [3.63, 3.8) is 0 Å². The van der Waals surface area contributed by atoms with Gasteiger partial charge in [-0.3, -0.25) is 9.69 Å². The molecule has 0 saturated heterocycles. The van der Waals surface area contributed by atoms with E-state index in [-0.39, 0.29) is 11.9 Å². The summed E-state index contributed by atoms with van der Waals surface area (Å²) in [6.07, 6.45) is 0.636. The third-order valence-corrected chi connectivity index (χ3v) is 5.34. The Morgan fingerprint density at radius 1 is 1.07 bits per heavy atom. The quantitative estimate of drug-likeness (QED) is 0.684. The van der Waals surface area contributed by atoms with Crippen LogP contribution < -0.4 is 9.47 Å². The highest BCUT2D eigenvalue weighted by atomic mass is 16.5. The van der Waals surface area contributed by atoms with E-state index in [1.807, 2.05) is 48.5 Å². The molecule has 6 heteroatoms. The average molecular weight is 396 g/mol. The summed E-state index contributed by atoms with van der Waals surface area (Å²) < 4.78 is 10.8. The smallest absolute Gasteiger partial charge is 0.257 e. The maximum atomic E-state index is 13.2. The van der Waals surface area contributed by atoms with Crippen LogP contribution in [0, 0.1) is 0 Å². The van der Waals surface area contributed by atoms with Gasteiger partial charge in [0.15, 0.2) is 0 Å². The van der Waals surface area contributed by atoms with Gasteiger partial charge in [0, 0.05) is 12.0 Å². The number of hydrogen-bond acceptors (Lipinski definition) is 5. The van der Waals surface area contributed by atoms with E-state index in [0.29, 0.717) is 13.0 Å². The van der Waals surface area contributed by atoms with E-state index in [9.17, 15) is 4.79 Å². The second kappa shape index (κ2) is 9.56. The fourth-order valence-corrected chi connectivity index (χ4v) is 3.59. The van der Waals surface area contributed by atoms with Crippen LogP contribution in [-0.2, 0) is 4.79 Å². The molecule has 154 valence electrons. The molecule has 2 aromatic carbocycles. The summed E-state index contributed by atoms with van der Waals surface area (Å²) in [5.41, 5.74) is 2.84. The molecule has 0 aromatic heterocycles. The molecule has 0 N–H and O–H groups in total. The van der Waals surface area contributed by atoms with Gasteiger partial charge >= 0.3 is 0 Å². The molecule has 1 aliphatic rings.